The van der Waals surface area contributed by atoms with Gasteiger partial charge in [0, 0.05) is 23.6 Å². The number of rotatable bonds is 12. The lowest BCUT2D eigenvalue weighted by molar-refractivity contribution is 0.0701. The number of fused-ring (bicyclic) bond motifs is 1. The Kier molecular flexibility index (Phi) is 9.78. The molecule has 1 heterocycles. The minimum absolute atomic E-state index is 0.0367. The summed E-state index contributed by atoms with van der Waals surface area (Å²) in [6.07, 6.45) is 3.19. The van der Waals surface area contributed by atoms with Crippen LogP contribution in [0.2, 0.25) is 0 Å². The normalized spacial score (nSPS) is 17.6. The summed E-state index contributed by atoms with van der Waals surface area (Å²) in [4.78, 5) is 15.6. The molecule has 0 radical (unpaired) electrons. The summed E-state index contributed by atoms with van der Waals surface area (Å²) in [6, 6.07) is 11.7. The van der Waals surface area contributed by atoms with E-state index in [1.54, 1.807) is 30.3 Å². The van der Waals surface area contributed by atoms with Gasteiger partial charge in [-0.1, -0.05) is 32.9 Å². The van der Waals surface area contributed by atoms with Gasteiger partial charge in [0.1, 0.15) is 11.4 Å². The van der Waals surface area contributed by atoms with Crippen molar-refractivity contribution < 1.29 is 17.9 Å². The van der Waals surface area contributed by atoms with Crippen molar-refractivity contribution in [2.75, 3.05) is 19.6 Å². The van der Waals surface area contributed by atoms with Crippen LogP contribution in [0, 0.1) is 0 Å². The third-order valence-electron chi connectivity index (χ3n) is 7.05. The molecule has 204 valence electrons. The van der Waals surface area contributed by atoms with Crippen LogP contribution in [-0.4, -0.2) is 50.5 Å². The van der Waals surface area contributed by atoms with E-state index in [1.165, 1.54) is 0 Å². The molecule has 0 aromatic heterocycles. The number of hydrogen-bond acceptors (Lipinski definition) is 5. The van der Waals surface area contributed by atoms with Crippen molar-refractivity contribution in [1.82, 2.24) is 14.9 Å². The van der Waals surface area contributed by atoms with Gasteiger partial charge in [0.05, 0.1) is 10.9 Å². The van der Waals surface area contributed by atoms with Gasteiger partial charge in [-0.25, -0.2) is 13.1 Å². The van der Waals surface area contributed by atoms with E-state index in [4.69, 9.17) is 4.74 Å². The van der Waals surface area contributed by atoms with Gasteiger partial charge in [0.25, 0.3) is 5.91 Å². The number of carbonyl (C=O) groups is 1. The lowest BCUT2D eigenvalue weighted by atomic mass is 9.89. The molecule has 2 aromatic rings. The van der Waals surface area contributed by atoms with E-state index in [9.17, 15) is 13.2 Å². The molecule has 1 unspecified atom stereocenters. The molecule has 0 aliphatic carbocycles. The zero-order valence-corrected chi connectivity index (χ0v) is 24.0. The third-order valence-corrected chi connectivity index (χ3v) is 8.54. The van der Waals surface area contributed by atoms with E-state index >= 15 is 0 Å². The number of aryl methyl sites for hydroxylation is 1. The fraction of sp³-hybridized carbons (Fsp3) is 0.552. The van der Waals surface area contributed by atoms with Crippen molar-refractivity contribution in [2.24, 2.45) is 0 Å². The van der Waals surface area contributed by atoms with Crippen molar-refractivity contribution in [3.8, 4) is 5.75 Å². The monoisotopic (exact) mass is 529 g/mol. The van der Waals surface area contributed by atoms with Crippen molar-refractivity contribution in [3.63, 3.8) is 0 Å². The quantitative estimate of drug-likeness (QED) is 0.401. The number of amides is 1. The highest BCUT2D eigenvalue weighted by Crippen LogP contribution is 2.40. The Morgan fingerprint density at radius 1 is 1.11 bits per heavy atom. The summed E-state index contributed by atoms with van der Waals surface area (Å²) in [5.74, 6) is 0.425. The third kappa shape index (κ3) is 7.79. The van der Waals surface area contributed by atoms with Crippen LogP contribution in [0.5, 0.6) is 5.75 Å². The molecule has 0 spiro atoms. The van der Waals surface area contributed by atoms with Crippen LogP contribution in [0.3, 0.4) is 0 Å². The van der Waals surface area contributed by atoms with Crippen LogP contribution in [0.1, 0.15) is 88.3 Å². The van der Waals surface area contributed by atoms with Gasteiger partial charge in [0.2, 0.25) is 10.0 Å². The van der Waals surface area contributed by atoms with Gasteiger partial charge in [0.15, 0.2) is 0 Å². The minimum Gasteiger partial charge on any atom is -0.487 e. The second-order valence-corrected chi connectivity index (χ2v) is 12.2. The number of ether oxygens (including phenoxy) is 1. The summed E-state index contributed by atoms with van der Waals surface area (Å²) >= 11 is 0. The van der Waals surface area contributed by atoms with Gasteiger partial charge in [-0.05, 0) is 95.6 Å². The first-order valence-electron chi connectivity index (χ1n) is 13.5. The molecule has 1 aliphatic heterocycles. The molecule has 3 rings (SSSR count). The molecular formula is C29H43N3O4S. The van der Waals surface area contributed by atoms with Gasteiger partial charge >= 0.3 is 0 Å². The maximum atomic E-state index is 13.2. The Bertz CT molecular complexity index is 1160. The highest BCUT2D eigenvalue weighted by atomic mass is 32.2. The molecule has 0 saturated carbocycles. The van der Waals surface area contributed by atoms with Crippen LogP contribution in [0.4, 0.5) is 0 Å². The van der Waals surface area contributed by atoms with Gasteiger partial charge in [-0.2, -0.15) is 0 Å². The lowest BCUT2D eigenvalue weighted by Gasteiger charge is -2.38. The summed E-state index contributed by atoms with van der Waals surface area (Å²) in [7, 11) is -3.76. The molecule has 7 nitrogen and oxygen atoms in total. The molecule has 8 heteroatoms. The largest absolute Gasteiger partial charge is 0.487 e. The summed E-state index contributed by atoms with van der Waals surface area (Å²) in [5, 5.41) is 3.09. The van der Waals surface area contributed by atoms with Gasteiger partial charge < -0.3 is 15.0 Å². The molecule has 1 aliphatic rings. The summed E-state index contributed by atoms with van der Waals surface area (Å²) < 4.78 is 35.5. The maximum absolute atomic E-state index is 13.2. The first kappa shape index (κ1) is 29.1. The zero-order valence-electron chi connectivity index (χ0n) is 23.1. The van der Waals surface area contributed by atoms with Crippen LogP contribution in [-0.2, 0) is 16.4 Å². The fourth-order valence-corrected chi connectivity index (χ4v) is 6.02. The van der Waals surface area contributed by atoms with Crippen LogP contribution < -0.4 is 14.8 Å². The Morgan fingerprint density at radius 2 is 1.78 bits per heavy atom. The summed E-state index contributed by atoms with van der Waals surface area (Å²) in [6.45, 7) is 15.3. The smallest absolute Gasteiger partial charge is 0.251 e. The van der Waals surface area contributed by atoms with E-state index in [-0.39, 0.29) is 16.8 Å². The lowest BCUT2D eigenvalue weighted by Crippen LogP contribution is -2.41. The van der Waals surface area contributed by atoms with Gasteiger partial charge in [-0.3, -0.25) is 4.79 Å². The van der Waals surface area contributed by atoms with Crippen molar-refractivity contribution in [3.05, 3.63) is 59.2 Å². The van der Waals surface area contributed by atoms with Crippen molar-refractivity contribution in [1.29, 1.82) is 0 Å². The number of nitrogens with one attached hydrogen (secondary N) is 2. The molecule has 1 amide bonds. The van der Waals surface area contributed by atoms with Crippen LogP contribution in [0.15, 0.2) is 47.4 Å². The predicted molar refractivity (Wildman–Crippen MR) is 149 cm³/mol. The number of hydrogen-bond donors (Lipinski definition) is 2. The van der Waals surface area contributed by atoms with Crippen molar-refractivity contribution >= 4 is 15.9 Å². The molecule has 0 saturated heterocycles. The van der Waals surface area contributed by atoms with E-state index < -0.39 is 21.7 Å². The first-order valence-corrected chi connectivity index (χ1v) is 14.9. The molecule has 0 bridgehead atoms. The second-order valence-electron chi connectivity index (χ2n) is 10.5. The highest BCUT2D eigenvalue weighted by Gasteiger charge is 2.36. The molecule has 2 N–H and O–H groups in total. The van der Waals surface area contributed by atoms with Gasteiger partial charge in [-0.15, -0.1) is 0 Å². The van der Waals surface area contributed by atoms with E-state index in [2.05, 4.69) is 28.8 Å². The predicted octanol–water partition coefficient (Wildman–Crippen LogP) is 5.07. The number of nitrogens with zero attached hydrogens (tertiary/aromatic N) is 1. The SMILES string of the molecule is CCc1ccc(S(=O)(=O)N[C@H]2CC(C)(C)Oc3ccc(C(=O)NC(C)CCCN(CC)CC)cc32)cc1. The number of benzene rings is 2. The average Bonchev–Trinajstić information content (AvgIpc) is 2.85. The Balaban J connectivity index is 1.76. The molecule has 0 fully saturated rings. The Hall–Kier alpha value is -2.42. The molecular weight excluding hydrogens is 486 g/mol. The second kappa shape index (κ2) is 12.4. The van der Waals surface area contributed by atoms with E-state index in [1.807, 2.05) is 39.8 Å². The van der Waals surface area contributed by atoms with Crippen LogP contribution in [0.25, 0.3) is 0 Å². The zero-order chi connectivity index (χ0) is 27.2. The Labute approximate surface area is 223 Å². The fourth-order valence-electron chi connectivity index (χ4n) is 4.80. The standard InChI is InChI=1S/C29H43N3O4S/c1-7-22-12-15-24(16-13-22)37(34,35)31-26-20-29(5,6)36-27-17-14-23(19-25(26)27)28(33)30-21(4)11-10-18-32(8-2)9-3/h12-17,19,21,26,31H,7-11,18,20H2,1-6H3,(H,30,33)/t21?,26-/m0/s1. The molecule has 37 heavy (non-hydrogen) atoms. The molecule has 2 aromatic carbocycles. The van der Waals surface area contributed by atoms with E-state index in [0.717, 1.165) is 44.5 Å². The number of sulfonamides is 1. The maximum Gasteiger partial charge on any atom is 0.251 e. The van der Waals surface area contributed by atoms with Crippen molar-refractivity contribution in [2.45, 2.75) is 89.8 Å². The summed E-state index contributed by atoms with van der Waals surface area (Å²) in [5.41, 5.74) is 1.69. The van der Waals surface area contributed by atoms with E-state index in [0.29, 0.717) is 23.3 Å². The Morgan fingerprint density at radius 3 is 2.41 bits per heavy atom. The average molecular weight is 530 g/mol. The minimum atomic E-state index is -3.76. The highest BCUT2D eigenvalue weighted by molar-refractivity contribution is 7.89. The molecule has 2 atom stereocenters. The topological polar surface area (TPSA) is 87.7 Å². The first-order chi connectivity index (χ1) is 17.5. The van der Waals surface area contributed by atoms with Crippen LogP contribution >= 0.6 is 0 Å². The number of carbonyl (C=O) groups excluding carboxylic acids is 1.